The molecule has 0 bridgehead atoms. The van der Waals surface area contributed by atoms with E-state index >= 15 is 0 Å². The fourth-order valence-electron chi connectivity index (χ4n) is 3.25. The van der Waals surface area contributed by atoms with Crippen LogP contribution in [-0.4, -0.2) is 62.7 Å². The SMILES string of the molecule is CC1NCCC1CN(C)CC1CCN(C)C1. The van der Waals surface area contributed by atoms with Crippen molar-refractivity contribution in [2.45, 2.75) is 25.8 Å². The van der Waals surface area contributed by atoms with Gasteiger partial charge in [-0.3, -0.25) is 0 Å². The van der Waals surface area contributed by atoms with E-state index in [2.05, 4.69) is 36.1 Å². The molecule has 94 valence electrons. The standard InChI is InChI=1S/C13H27N3/c1-11-13(4-6-14-11)10-16(3)9-12-5-7-15(2)8-12/h11-14H,4-10H2,1-3H3. The Morgan fingerprint density at radius 3 is 2.69 bits per heavy atom. The Morgan fingerprint density at radius 1 is 1.31 bits per heavy atom. The maximum absolute atomic E-state index is 3.54. The summed E-state index contributed by atoms with van der Waals surface area (Å²) < 4.78 is 0. The molecule has 0 amide bonds. The monoisotopic (exact) mass is 225 g/mol. The van der Waals surface area contributed by atoms with Crippen LogP contribution in [0.5, 0.6) is 0 Å². The van der Waals surface area contributed by atoms with Gasteiger partial charge in [0.25, 0.3) is 0 Å². The second kappa shape index (κ2) is 5.48. The minimum Gasteiger partial charge on any atom is -0.314 e. The van der Waals surface area contributed by atoms with Crippen LogP contribution >= 0.6 is 0 Å². The zero-order chi connectivity index (χ0) is 11.5. The molecule has 2 rings (SSSR count). The van der Waals surface area contributed by atoms with Gasteiger partial charge in [-0.25, -0.2) is 0 Å². The summed E-state index contributed by atoms with van der Waals surface area (Å²) in [6, 6.07) is 0.716. The molecule has 0 aromatic carbocycles. The van der Waals surface area contributed by atoms with Crippen LogP contribution in [0.1, 0.15) is 19.8 Å². The van der Waals surface area contributed by atoms with Gasteiger partial charge in [0.15, 0.2) is 0 Å². The van der Waals surface area contributed by atoms with Crippen LogP contribution in [0.15, 0.2) is 0 Å². The smallest absolute Gasteiger partial charge is 0.00796 e. The van der Waals surface area contributed by atoms with E-state index in [0.717, 1.165) is 11.8 Å². The second-order valence-electron chi connectivity index (χ2n) is 5.93. The van der Waals surface area contributed by atoms with Gasteiger partial charge < -0.3 is 15.1 Å². The summed E-state index contributed by atoms with van der Waals surface area (Å²) in [5.41, 5.74) is 0. The molecular formula is C13H27N3. The molecule has 2 heterocycles. The minimum absolute atomic E-state index is 0.716. The molecule has 0 saturated carbocycles. The first kappa shape index (κ1) is 12.3. The summed E-state index contributed by atoms with van der Waals surface area (Å²) in [4.78, 5) is 5.01. The number of likely N-dealkylation sites (tertiary alicyclic amines) is 1. The fraction of sp³-hybridized carbons (Fsp3) is 1.00. The zero-order valence-electron chi connectivity index (χ0n) is 11.1. The fourth-order valence-corrected chi connectivity index (χ4v) is 3.25. The van der Waals surface area contributed by atoms with Gasteiger partial charge in [-0.2, -0.15) is 0 Å². The van der Waals surface area contributed by atoms with Crippen LogP contribution in [0.25, 0.3) is 0 Å². The van der Waals surface area contributed by atoms with Crippen molar-refractivity contribution in [3.05, 3.63) is 0 Å². The highest BCUT2D eigenvalue weighted by atomic mass is 15.2. The molecule has 2 aliphatic heterocycles. The van der Waals surface area contributed by atoms with E-state index in [1.54, 1.807) is 0 Å². The molecule has 1 N–H and O–H groups in total. The van der Waals surface area contributed by atoms with Crippen LogP contribution in [0.4, 0.5) is 0 Å². The molecule has 16 heavy (non-hydrogen) atoms. The summed E-state index contributed by atoms with van der Waals surface area (Å²) in [7, 11) is 4.53. The van der Waals surface area contributed by atoms with Crippen molar-refractivity contribution in [3.8, 4) is 0 Å². The van der Waals surface area contributed by atoms with Gasteiger partial charge in [0, 0.05) is 25.7 Å². The minimum atomic E-state index is 0.716. The van der Waals surface area contributed by atoms with Crippen LogP contribution in [-0.2, 0) is 0 Å². The van der Waals surface area contributed by atoms with E-state index in [9.17, 15) is 0 Å². The molecule has 0 aliphatic carbocycles. The molecule has 3 nitrogen and oxygen atoms in total. The summed E-state index contributed by atoms with van der Waals surface area (Å²) >= 11 is 0. The molecule has 2 fully saturated rings. The predicted molar refractivity (Wildman–Crippen MR) is 68.7 cm³/mol. The van der Waals surface area contributed by atoms with Gasteiger partial charge in [0.05, 0.1) is 0 Å². The van der Waals surface area contributed by atoms with Gasteiger partial charge in [-0.1, -0.05) is 0 Å². The van der Waals surface area contributed by atoms with Crippen LogP contribution in [0.3, 0.4) is 0 Å². The number of nitrogens with zero attached hydrogens (tertiary/aromatic N) is 2. The van der Waals surface area contributed by atoms with E-state index < -0.39 is 0 Å². The highest BCUT2D eigenvalue weighted by Gasteiger charge is 2.26. The molecule has 3 atom stereocenters. The Labute approximate surface area is 100 Å². The highest BCUT2D eigenvalue weighted by Crippen LogP contribution is 2.19. The topological polar surface area (TPSA) is 18.5 Å². The number of rotatable bonds is 4. The molecule has 3 unspecified atom stereocenters. The molecule has 0 spiro atoms. The molecule has 0 aromatic heterocycles. The van der Waals surface area contributed by atoms with Crippen molar-refractivity contribution in [2.24, 2.45) is 11.8 Å². The quantitative estimate of drug-likeness (QED) is 0.766. The van der Waals surface area contributed by atoms with Gasteiger partial charge in [0.1, 0.15) is 0 Å². The van der Waals surface area contributed by atoms with Crippen molar-refractivity contribution in [1.82, 2.24) is 15.1 Å². The molecule has 2 aliphatic rings. The Bertz CT molecular complexity index is 219. The van der Waals surface area contributed by atoms with Gasteiger partial charge >= 0.3 is 0 Å². The zero-order valence-corrected chi connectivity index (χ0v) is 11.1. The normalized spacial score (nSPS) is 36.4. The van der Waals surface area contributed by atoms with E-state index in [-0.39, 0.29) is 0 Å². The average molecular weight is 225 g/mol. The number of hydrogen-bond acceptors (Lipinski definition) is 3. The lowest BCUT2D eigenvalue weighted by Gasteiger charge is -2.25. The lowest BCUT2D eigenvalue weighted by Crippen LogP contribution is -2.35. The van der Waals surface area contributed by atoms with Crippen molar-refractivity contribution in [3.63, 3.8) is 0 Å². The Morgan fingerprint density at radius 2 is 2.12 bits per heavy atom. The molecular weight excluding hydrogens is 198 g/mol. The van der Waals surface area contributed by atoms with E-state index in [1.165, 1.54) is 45.6 Å². The Balaban J connectivity index is 1.69. The first-order chi connectivity index (χ1) is 7.65. The van der Waals surface area contributed by atoms with E-state index in [0.29, 0.717) is 6.04 Å². The molecule has 2 saturated heterocycles. The van der Waals surface area contributed by atoms with Crippen molar-refractivity contribution >= 4 is 0 Å². The first-order valence-electron chi connectivity index (χ1n) is 6.75. The van der Waals surface area contributed by atoms with Crippen molar-refractivity contribution in [2.75, 3.05) is 46.8 Å². The maximum Gasteiger partial charge on any atom is 0.00796 e. The maximum atomic E-state index is 3.54. The third kappa shape index (κ3) is 3.19. The lowest BCUT2D eigenvalue weighted by molar-refractivity contribution is 0.230. The van der Waals surface area contributed by atoms with Gasteiger partial charge in [-0.15, -0.1) is 0 Å². The predicted octanol–water partition coefficient (Wildman–Crippen LogP) is 0.868. The summed E-state index contributed by atoms with van der Waals surface area (Å²) in [6.07, 6.45) is 2.75. The van der Waals surface area contributed by atoms with E-state index in [4.69, 9.17) is 0 Å². The largest absolute Gasteiger partial charge is 0.314 e. The van der Waals surface area contributed by atoms with Gasteiger partial charge in [-0.05, 0) is 58.8 Å². The Hall–Kier alpha value is -0.120. The van der Waals surface area contributed by atoms with Gasteiger partial charge in [0.2, 0.25) is 0 Å². The summed E-state index contributed by atoms with van der Waals surface area (Å²) in [6.45, 7) is 8.69. The molecule has 3 heteroatoms. The van der Waals surface area contributed by atoms with Crippen molar-refractivity contribution in [1.29, 1.82) is 0 Å². The molecule has 0 radical (unpaired) electrons. The summed E-state index contributed by atoms with van der Waals surface area (Å²) in [5.74, 6) is 1.77. The van der Waals surface area contributed by atoms with Crippen LogP contribution in [0, 0.1) is 11.8 Å². The van der Waals surface area contributed by atoms with E-state index in [1.807, 2.05) is 0 Å². The Kier molecular flexibility index (Phi) is 4.22. The number of hydrogen-bond donors (Lipinski definition) is 1. The van der Waals surface area contributed by atoms with Crippen LogP contribution < -0.4 is 5.32 Å². The summed E-state index contributed by atoms with van der Waals surface area (Å²) in [5, 5.41) is 3.54. The second-order valence-corrected chi connectivity index (χ2v) is 5.93. The molecule has 0 aromatic rings. The third-order valence-corrected chi connectivity index (χ3v) is 4.29. The lowest BCUT2D eigenvalue weighted by atomic mass is 10.0. The van der Waals surface area contributed by atoms with Crippen molar-refractivity contribution < 1.29 is 0 Å². The number of nitrogens with one attached hydrogen (secondary N) is 1. The third-order valence-electron chi connectivity index (χ3n) is 4.29. The highest BCUT2D eigenvalue weighted by molar-refractivity contribution is 4.83. The average Bonchev–Trinajstić information content (AvgIpc) is 2.77. The first-order valence-corrected chi connectivity index (χ1v) is 6.75. The van der Waals surface area contributed by atoms with Crippen LogP contribution in [0.2, 0.25) is 0 Å².